The molecule has 1 aliphatic heterocycles. The number of rotatable bonds is 7. The van der Waals surface area contributed by atoms with E-state index in [1.807, 2.05) is 36.4 Å². The molecule has 0 saturated carbocycles. The van der Waals surface area contributed by atoms with Gasteiger partial charge in [0.1, 0.15) is 11.5 Å². The van der Waals surface area contributed by atoms with Gasteiger partial charge < -0.3 is 14.4 Å². The SMILES string of the molecule is CS(=O)(=O)c1ccc(-c2ccc(C=C3C=C(c4ccccc4)N(Cc4ccc(C(=O)O)cc4)C3=O)o2)cc1. The Balaban J connectivity index is 1.44. The monoisotopic (exact) mass is 525 g/mol. The number of hydrogen-bond donors (Lipinski definition) is 1. The van der Waals surface area contributed by atoms with Crippen LogP contribution in [0.4, 0.5) is 0 Å². The van der Waals surface area contributed by atoms with Crippen LogP contribution in [0.2, 0.25) is 0 Å². The first kappa shape index (κ1) is 25.0. The van der Waals surface area contributed by atoms with Gasteiger partial charge in [0.2, 0.25) is 0 Å². The maximum absolute atomic E-state index is 13.5. The van der Waals surface area contributed by atoms with E-state index in [1.54, 1.807) is 47.4 Å². The van der Waals surface area contributed by atoms with Gasteiger partial charge in [-0.2, -0.15) is 0 Å². The highest BCUT2D eigenvalue weighted by Crippen LogP contribution is 2.33. The zero-order valence-corrected chi connectivity index (χ0v) is 21.2. The average molecular weight is 526 g/mol. The van der Waals surface area contributed by atoms with Gasteiger partial charge in [-0.1, -0.05) is 42.5 Å². The van der Waals surface area contributed by atoms with E-state index in [1.165, 1.54) is 24.3 Å². The molecular weight excluding hydrogens is 502 g/mol. The fourth-order valence-corrected chi connectivity index (χ4v) is 4.83. The van der Waals surface area contributed by atoms with Crippen LogP contribution in [0.1, 0.15) is 27.2 Å². The van der Waals surface area contributed by atoms with E-state index in [0.717, 1.165) is 23.1 Å². The van der Waals surface area contributed by atoms with Gasteiger partial charge in [0.25, 0.3) is 5.91 Å². The van der Waals surface area contributed by atoms with Crippen molar-refractivity contribution in [1.82, 2.24) is 4.90 Å². The molecule has 0 fully saturated rings. The van der Waals surface area contributed by atoms with Crippen LogP contribution in [0.25, 0.3) is 23.1 Å². The Morgan fingerprint density at radius 1 is 0.895 bits per heavy atom. The second kappa shape index (κ2) is 9.99. The molecule has 1 aliphatic rings. The lowest BCUT2D eigenvalue weighted by atomic mass is 10.1. The highest BCUT2D eigenvalue weighted by molar-refractivity contribution is 7.90. The second-order valence-corrected chi connectivity index (χ2v) is 10.9. The summed E-state index contributed by atoms with van der Waals surface area (Å²) in [6.07, 6.45) is 4.64. The first-order chi connectivity index (χ1) is 18.2. The normalized spacial score (nSPS) is 14.7. The van der Waals surface area contributed by atoms with Crippen LogP contribution in [0.3, 0.4) is 0 Å². The molecule has 5 rings (SSSR count). The molecule has 1 aromatic heterocycles. The van der Waals surface area contributed by atoms with Crippen LogP contribution in [-0.2, 0) is 21.2 Å². The number of sulfone groups is 1. The molecule has 0 atom stereocenters. The molecule has 0 saturated heterocycles. The molecule has 2 heterocycles. The van der Waals surface area contributed by atoms with Gasteiger partial charge >= 0.3 is 5.97 Å². The van der Waals surface area contributed by atoms with Crippen LogP contribution in [0, 0.1) is 0 Å². The number of amides is 1. The van der Waals surface area contributed by atoms with E-state index in [0.29, 0.717) is 22.7 Å². The fourth-order valence-electron chi connectivity index (χ4n) is 4.20. The molecule has 190 valence electrons. The van der Waals surface area contributed by atoms with Gasteiger partial charge in [-0.05, 0) is 71.8 Å². The Morgan fingerprint density at radius 3 is 2.21 bits per heavy atom. The lowest BCUT2D eigenvalue weighted by molar-refractivity contribution is -0.123. The Morgan fingerprint density at radius 2 is 1.58 bits per heavy atom. The number of furan rings is 1. The van der Waals surface area contributed by atoms with E-state index >= 15 is 0 Å². The smallest absolute Gasteiger partial charge is 0.335 e. The minimum absolute atomic E-state index is 0.181. The Bertz CT molecular complexity index is 1680. The lowest BCUT2D eigenvalue weighted by Crippen LogP contribution is -2.25. The van der Waals surface area contributed by atoms with Crippen molar-refractivity contribution >= 4 is 33.5 Å². The third-order valence-electron chi connectivity index (χ3n) is 6.18. The lowest BCUT2D eigenvalue weighted by Gasteiger charge is -2.21. The molecule has 38 heavy (non-hydrogen) atoms. The van der Waals surface area contributed by atoms with Gasteiger partial charge in [0.15, 0.2) is 9.84 Å². The number of nitrogens with zero attached hydrogens (tertiary/aromatic N) is 1. The Labute approximate surface area is 219 Å². The van der Waals surface area contributed by atoms with E-state index < -0.39 is 15.8 Å². The Kier molecular flexibility index (Phi) is 6.57. The van der Waals surface area contributed by atoms with Crippen molar-refractivity contribution in [3.05, 3.63) is 125 Å². The van der Waals surface area contributed by atoms with Crippen molar-refractivity contribution in [3.8, 4) is 11.3 Å². The zero-order chi connectivity index (χ0) is 26.9. The summed E-state index contributed by atoms with van der Waals surface area (Å²) in [5, 5.41) is 9.17. The van der Waals surface area contributed by atoms with Crippen LogP contribution >= 0.6 is 0 Å². The molecule has 1 N–H and O–H groups in total. The summed E-state index contributed by atoms with van der Waals surface area (Å²) < 4.78 is 29.4. The maximum Gasteiger partial charge on any atom is 0.335 e. The highest BCUT2D eigenvalue weighted by Gasteiger charge is 2.29. The fraction of sp³-hybridized carbons (Fsp3) is 0.0667. The summed E-state index contributed by atoms with van der Waals surface area (Å²) in [5.74, 6) is -0.188. The zero-order valence-electron chi connectivity index (χ0n) is 20.4. The quantitative estimate of drug-likeness (QED) is 0.319. The Hall–Kier alpha value is -4.69. The van der Waals surface area contributed by atoms with Crippen molar-refractivity contribution in [2.45, 2.75) is 11.4 Å². The molecule has 8 heteroatoms. The van der Waals surface area contributed by atoms with E-state index in [4.69, 9.17) is 4.42 Å². The summed E-state index contributed by atoms with van der Waals surface area (Å²) in [5.41, 5.74) is 3.74. The molecular formula is C30H23NO6S. The van der Waals surface area contributed by atoms with Crippen molar-refractivity contribution in [1.29, 1.82) is 0 Å². The minimum Gasteiger partial charge on any atom is -0.478 e. The number of carbonyl (C=O) groups excluding carboxylic acids is 1. The molecule has 0 bridgehead atoms. The standard InChI is InChI=1S/C30H23NO6S/c1-38(35,36)26-14-11-22(12-15-26)28-16-13-25(37-28)17-24-18-27(21-5-3-2-4-6-21)31(29(24)32)19-20-7-9-23(10-8-20)30(33)34/h2-18H,19H2,1H3,(H,33,34). The summed E-state index contributed by atoms with van der Waals surface area (Å²) in [7, 11) is -3.30. The summed E-state index contributed by atoms with van der Waals surface area (Å²) in [4.78, 5) is 26.6. The summed E-state index contributed by atoms with van der Waals surface area (Å²) in [6.45, 7) is 0.271. The van der Waals surface area contributed by atoms with E-state index in [2.05, 4.69) is 0 Å². The average Bonchev–Trinajstić information content (AvgIpc) is 3.50. The molecule has 0 spiro atoms. The molecule has 1 amide bonds. The number of benzene rings is 3. The molecule has 0 radical (unpaired) electrons. The molecule has 7 nitrogen and oxygen atoms in total. The largest absolute Gasteiger partial charge is 0.478 e. The topological polar surface area (TPSA) is 105 Å². The number of carboxylic acids is 1. The molecule has 0 aliphatic carbocycles. The van der Waals surface area contributed by atoms with Crippen LogP contribution in [0.5, 0.6) is 0 Å². The molecule has 0 unspecified atom stereocenters. The van der Waals surface area contributed by atoms with Gasteiger partial charge in [-0.3, -0.25) is 4.79 Å². The summed E-state index contributed by atoms with van der Waals surface area (Å²) in [6, 6.07) is 25.9. The molecule has 4 aromatic rings. The number of aromatic carboxylic acids is 1. The third kappa shape index (κ3) is 5.21. The van der Waals surface area contributed by atoms with Crippen LogP contribution in [-0.4, -0.2) is 36.6 Å². The maximum atomic E-state index is 13.5. The minimum atomic E-state index is -3.30. The third-order valence-corrected chi connectivity index (χ3v) is 7.31. The number of carboxylic acid groups (broad SMARTS) is 1. The van der Waals surface area contributed by atoms with Gasteiger partial charge in [-0.25, -0.2) is 13.2 Å². The highest BCUT2D eigenvalue weighted by atomic mass is 32.2. The van der Waals surface area contributed by atoms with Gasteiger partial charge in [-0.15, -0.1) is 0 Å². The van der Waals surface area contributed by atoms with Crippen molar-refractivity contribution in [2.24, 2.45) is 0 Å². The van der Waals surface area contributed by atoms with E-state index in [9.17, 15) is 23.1 Å². The second-order valence-electron chi connectivity index (χ2n) is 8.89. The van der Waals surface area contributed by atoms with Crippen molar-refractivity contribution in [2.75, 3.05) is 6.26 Å². The number of carbonyl (C=O) groups is 2. The predicted molar refractivity (Wildman–Crippen MR) is 144 cm³/mol. The van der Waals surface area contributed by atoms with Gasteiger partial charge in [0.05, 0.1) is 22.7 Å². The van der Waals surface area contributed by atoms with Crippen molar-refractivity contribution in [3.63, 3.8) is 0 Å². The van der Waals surface area contributed by atoms with Crippen LogP contribution in [0.15, 0.2) is 112 Å². The first-order valence-corrected chi connectivity index (χ1v) is 13.6. The van der Waals surface area contributed by atoms with Gasteiger partial charge in [0, 0.05) is 17.4 Å². The summed E-state index contributed by atoms with van der Waals surface area (Å²) >= 11 is 0. The molecule has 3 aromatic carbocycles. The predicted octanol–water partition coefficient (Wildman–Crippen LogP) is 5.52. The van der Waals surface area contributed by atoms with E-state index in [-0.39, 0.29) is 22.9 Å². The van der Waals surface area contributed by atoms with Crippen molar-refractivity contribution < 1.29 is 27.5 Å². The number of hydrogen-bond acceptors (Lipinski definition) is 5. The van der Waals surface area contributed by atoms with Crippen LogP contribution < -0.4 is 0 Å². The first-order valence-electron chi connectivity index (χ1n) is 11.7.